The maximum Gasteiger partial charge on any atom is 0.221 e. The van der Waals surface area contributed by atoms with Gasteiger partial charge < -0.3 is 15.7 Å². The first-order chi connectivity index (χ1) is 7.74. The normalized spacial score (nSPS) is 18.2. The van der Waals surface area contributed by atoms with Gasteiger partial charge in [-0.15, -0.1) is 12.4 Å². The largest absolute Gasteiger partial charge is 0.391 e. The molecule has 102 valence electrons. The maximum absolute atomic E-state index is 11.3. The highest BCUT2D eigenvalue weighted by Gasteiger charge is 2.21. The quantitative estimate of drug-likeness (QED) is 0.673. The van der Waals surface area contributed by atoms with Crippen molar-refractivity contribution in [3.63, 3.8) is 0 Å². The summed E-state index contributed by atoms with van der Waals surface area (Å²) in [5.41, 5.74) is 0. The summed E-state index contributed by atoms with van der Waals surface area (Å²) in [6.07, 6.45) is 6.05. The Labute approximate surface area is 110 Å². The van der Waals surface area contributed by atoms with Crippen molar-refractivity contribution in [1.29, 1.82) is 0 Å². The van der Waals surface area contributed by atoms with Gasteiger partial charge in [-0.05, 0) is 25.8 Å². The number of amides is 1. The zero-order valence-corrected chi connectivity index (χ0v) is 11.4. The summed E-state index contributed by atoms with van der Waals surface area (Å²) in [4.78, 5) is 11.3. The topological polar surface area (TPSA) is 61.4 Å². The Morgan fingerprint density at radius 3 is 2.59 bits per heavy atom. The molecule has 0 aromatic rings. The van der Waals surface area contributed by atoms with Gasteiger partial charge in [0, 0.05) is 19.5 Å². The molecule has 0 spiro atoms. The molecule has 4 nitrogen and oxygen atoms in total. The van der Waals surface area contributed by atoms with Gasteiger partial charge in [-0.1, -0.05) is 19.3 Å². The van der Waals surface area contributed by atoms with E-state index in [0.717, 1.165) is 12.8 Å². The minimum atomic E-state index is -0.362. The second-order valence-corrected chi connectivity index (χ2v) is 4.62. The number of halogens is 1. The molecule has 17 heavy (non-hydrogen) atoms. The Morgan fingerprint density at radius 1 is 1.35 bits per heavy atom. The van der Waals surface area contributed by atoms with Crippen molar-refractivity contribution in [2.24, 2.45) is 5.92 Å². The van der Waals surface area contributed by atoms with E-state index >= 15 is 0 Å². The lowest BCUT2D eigenvalue weighted by atomic mass is 9.85. The Hall–Kier alpha value is -0.320. The Morgan fingerprint density at radius 2 is 2.00 bits per heavy atom. The van der Waals surface area contributed by atoms with Gasteiger partial charge in [-0.3, -0.25) is 4.79 Å². The van der Waals surface area contributed by atoms with Crippen LogP contribution in [0.3, 0.4) is 0 Å². The Balaban J connectivity index is 0.00000256. The molecule has 0 saturated heterocycles. The van der Waals surface area contributed by atoms with Crippen molar-refractivity contribution in [3.8, 4) is 0 Å². The van der Waals surface area contributed by atoms with E-state index in [4.69, 9.17) is 0 Å². The lowest BCUT2D eigenvalue weighted by Crippen LogP contribution is -2.37. The number of hydrogen-bond donors (Lipinski definition) is 3. The van der Waals surface area contributed by atoms with Crippen molar-refractivity contribution < 1.29 is 9.90 Å². The molecule has 1 unspecified atom stereocenters. The summed E-state index contributed by atoms with van der Waals surface area (Å²) in [5.74, 6) is 0.405. The third kappa shape index (κ3) is 6.86. The van der Waals surface area contributed by atoms with Crippen LogP contribution in [0, 0.1) is 5.92 Å². The number of rotatable bonds is 6. The highest BCUT2D eigenvalue weighted by molar-refractivity contribution is 5.85. The first kappa shape index (κ1) is 16.7. The average Bonchev–Trinajstić information content (AvgIpc) is 2.34. The predicted octanol–water partition coefficient (Wildman–Crippen LogP) is 1.08. The van der Waals surface area contributed by atoms with Crippen molar-refractivity contribution >= 4 is 18.3 Å². The van der Waals surface area contributed by atoms with Gasteiger partial charge in [-0.25, -0.2) is 0 Å². The number of nitrogens with one attached hydrogen (secondary N) is 2. The molecular formula is C12H25ClN2O2. The first-order valence-corrected chi connectivity index (χ1v) is 6.33. The van der Waals surface area contributed by atoms with Crippen LogP contribution < -0.4 is 10.6 Å². The number of carbonyl (C=O) groups excluding carboxylic acids is 1. The number of aliphatic hydroxyl groups is 1. The molecule has 0 aromatic carbocycles. The van der Waals surface area contributed by atoms with E-state index in [-0.39, 0.29) is 24.4 Å². The van der Waals surface area contributed by atoms with Crippen LogP contribution in [0.5, 0.6) is 0 Å². The molecule has 1 fully saturated rings. The first-order valence-electron chi connectivity index (χ1n) is 6.33. The molecular weight excluding hydrogens is 240 g/mol. The minimum Gasteiger partial charge on any atom is -0.391 e. The highest BCUT2D eigenvalue weighted by atomic mass is 35.5. The van der Waals surface area contributed by atoms with Crippen LogP contribution in [-0.2, 0) is 4.79 Å². The standard InChI is InChI=1S/C12H24N2O2.ClH/c1-13-8-7-12(16)14-9-11(15)10-5-3-2-4-6-10;/h10-11,13,15H,2-9H2,1H3,(H,14,16);1H. The van der Waals surface area contributed by atoms with Crippen LogP contribution in [0.25, 0.3) is 0 Å². The zero-order valence-electron chi connectivity index (χ0n) is 10.6. The molecule has 1 amide bonds. The second kappa shape index (κ2) is 9.68. The third-order valence-electron chi connectivity index (χ3n) is 3.30. The average molecular weight is 265 g/mol. The molecule has 0 bridgehead atoms. The van der Waals surface area contributed by atoms with Crippen LogP contribution in [0.4, 0.5) is 0 Å². The fourth-order valence-corrected chi connectivity index (χ4v) is 2.23. The van der Waals surface area contributed by atoms with Crippen molar-refractivity contribution in [3.05, 3.63) is 0 Å². The van der Waals surface area contributed by atoms with E-state index in [1.807, 2.05) is 7.05 Å². The molecule has 1 saturated carbocycles. The van der Waals surface area contributed by atoms with Crippen LogP contribution in [0.1, 0.15) is 38.5 Å². The van der Waals surface area contributed by atoms with Crippen LogP contribution in [-0.4, -0.2) is 37.3 Å². The van der Waals surface area contributed by atoms with Gasteiger partial charge in [0.25, 0.3) is 0 Å². The molecule has 1 atom stereocenters. The van der Waals surface area contributed by atoms with Gasteiger partial charge in [0.2, 0.25) is 5.91 Å². The molecule has 0 aromatic heterocycles. The van der Waals surface area contributed by atoms with E-state index in [0.29, 0.717) is 25.4 Å². The Kier molecular flexibility index (Phi) is 9.50. The van der Waals surface area contributed by atoms with Crippen LogP contribution in [0.2, 0.25) is 0 Å². The van der Waals surface area contributed by atoms with Crippen molar-refractivity contribution in [1.82, 2.24) is 10.6 Å². The van der Waals surface area contributed by atoms with E-state index in [2.05, 4.69) is 10.6 Å². The van der Waals surface area contributed by atoms with Gasteiger partial charge in [0.1, 0.15) is 0 Å². The predicted molar refractivity (Wildman–Crippen MR) is 71.4 cm³/mol. The van der Waals surface area contributed by atoms with Crippen LogP contribution >= 0.6 is 12.4 Å². The Bertz CT molecular complexity index is 209. The molecule has 1 rings (SSSR count). The number of carbonyl (C=O) groups is 1. The highest BCUT2D eigenvalue weighted by Crippen LogP contribution is 2.26. The molecule has 0 radical (unpaired) electrons. The van der Waals surface area contributed by atoms with Crippen LogP contribution in [0.15, 0.2) is 0 Å². The van der Waals surface area contributed by atoms with Gasteiger partial charge in [0.15, 0.2) is 0 Å². The molecule has 1 aliphatic carbocycles. The zero-order chi connectivity index (χ0) is 11.8. The summed E-state index contributed by atoms with van der Waals surface area (Å²) in [7, 11) is 1.82. The summed E-state index contributed by atoms with van der Waals surface area (Å²) in [6.45, 7) is 1.10. The van der Waals surface area contributed by atoms with Gasteiger partial charge >= 0.3 is 0 Å². The summed E-state index contributed by atoms with van der Waals surface area (Å²) < 4.78 is 0. The smallest absolute Gasteiger partial charge is 0.221 e. The molecule has 0 heterocycles. The second-order valence-electron chi connectivity index (χ2n) is 4.62. The van der Waals surface area contributed by atoms with E-state index in [1.165, 1.54) is 19.3 Å². The molecule has 0 aliphatic heterocycles. The van der Waals surface area contributed by atoms with E-state index < -0.39 is 0 Å². The van der Waals surface area contributed by atoms with Gasteiger partial charge in [0.05, 0.1) is 6.10 Å². The maximum atomic E-state index is 11.3. The molecule has 3 N–H and O–H groups in total. The molecule has 1 aliphatic rings. The monoisotopic (exact) mass is 264 g/mol. The SMILES string of the molecule is CNCCC(=O)NCC(O)C1CCCCC1.Cl. The van der Waals surface area contributed by atoms with E-state index in [1.54, 1.807) is 0 Å². The summed E-state index contributed by atoms with van der Waals surface area (Å²) >= 11 is 0. The fourth-order valence-electron chi connectivity index (χ4n) is 2.23. The van der Waals surface area contributed by atoms with Crippen molar-refractivity contribution in [2.45, 2.75) is 44.6 Å². The summed E-state index contributed by atoms with van der Waals surface area (Å²) in [6, 6.07) is 0. The minimum absolute atomic E-state index is 0. The van der Waals surface area contributed by atoms with Crippen molar-refractivity contribution in [2.75, 3.05) is 20.1 Å². The van der Waals surface area contributed by atoms with E-state index in [9.17, 15) is 9.90 Å². The lowest BCUT2D eigenvalue weighted by molar-refractivity contribution is -0.121. The number of hydrogen-bond acceptors (Lipinski definition) is 3. The summed E-state index contributed by atoms with van der Waals surface area (Å²) in [5, 5.41) is 15.6. The van der Waals surface area contributed by atoms with Gasteiger partial charge in [-0.2, -0.15) is 0 Å². The number of aliphatic hydroxyl groups excluding tert-OH is 1. The molecule has 5 heteroatoms. The third-order valence-corrected chi connectivity index (χ3v) is 3.30. The fraction of sp³-hybridized carbons (Fsp3) is 0.917. The lowest BCUT2D eigenvalue weighted by Gasteiger charge is -2.26.